The first-order valence-corrected chi connectivity index (χ1v) is 8.68. The van der Waals surface area contributed by atoms with Gasteiger partial charge in [0, 0.05) is 13.3 Å². The van der Waals surface area contributed by atoms with Crippen LogP contribution in [0.3, 0.4) is 0 Å². The average Bonchev–Trinajstić information content (AvgIpc) is 2.35. The molecule has 0 aliphatic heterocycles. The Balaban J connectivity index is 0.00000400. The second-order valence-corrected chi connectivity index (χ2v) is 7.71. The van der Waals surface area contributed by atoms with Gasteiger partial charge >= 0.3 is 51.4 Å². The van der Waals surface area contributed by atoms with Crippen molar-refractivity contribution in [2.24, 2.45) is 10.9 Å². The zero-order valence-corrected chi connectivity index (χ0v) is 17.0. The maximum Gasteiger partial charge on any atom is 1.00 e. The molecule has 7 heteroatoms. The number of aliphatic imine (C=N–C) groups is 1. The number of hydrogen-bond donors (Lipinski definition) is 1. The molecular weight excluding hydrogens is 316 g/mol. The van der Waals surface area contributed by atoms with E-state index < -0.39 is 19.2 Å². The second kappa shape index (κ2) is 10.2. The van der Waals surface area contributed by atoms with Gasteiger partial charge in [-0.1, -0.05) is 44.2 Å². The van der Waals surface area contributed by atoms with Crippen molar-refractivity contribution >= 4 is 13.5 Å². The van der Waals surface area contributed by atoms with E-state index in [4.69, 9.17) is 4.74 Å². The topological polar surface area (TPSA) is 82.0 Å². The van der Waals surface area contributed by atoms with Gasteiger partial charge < -0.3 is 14.7 Å². The van der Waals surface area contributed by atoms with E-state index in [1.807, 2.05) is 44.2 Å². The Morgan fingerprint density at radius 1 is 1.38 bits per heavy atom. The minimum atomic E-state index is -3.45. The molecule has 0 aliphatic rings. The maximum atomic E-state index is 11.7. The van der Waals surface area contributed by atoms with Crippen LogP contribution in [-0.4, -0.2) is 23.4 Å². The molecule has 1 N–H and O–H groups in total. The fraction of sp³-hybridized carbons (Fsp3) is 0.500. The van der Waals surface area contributed by atoms with Crippen LogP contribution < -0.4 is 56.5 Å². The molecule has 2 atom stereocenters. The van der Waals surface area contributed by atoms with Crippen molar-refractivity contribution in [2.45, 2.75) is 32.7 Å². The van der Waals surface area contributed by atoms with Crippen LogP contribution in [0.4, 0.5) is 0 Å². The van der Waals surface area contributed by atoms with E-state index in [1.54, 1.807) is 0 Å². The summed E-state index contributed by atoms with van der Waals surface area (Å²) in [5, 5.41) is 11.6. The molecule has 2 unspecified atom stereocenters. The minimum absolute atomic E-state index is 0. The molecule has 0 aliphatic carbocycles. The van der Waals surface area contributed by atoms with Crippen LogP contribution in [-0.2, 0) is 15.9 Å². The summed E-state index contributed by atoms with van der Waals surface area (Å²) in [7, 11) is -3.45. The molecule has 0 aromatic heterocycles. The Hall–Kier alpha value is 0.316. The Kier molecular flexibility index (Phi) is 10.3. The average molecular weight is 337 g/mol. The van der Waals surface area contributed by atoms with Crippen molar-refractivity contribution in [3.8, 4) is 0 Å². The second-order valence-electron chi connectivity index (χ2n) is 5.22. The van der Waals surface area contributed by atoms with Crippen LogP contribution in [0.5, 0.6) is 0 Å². The van der Waals surface area contributed by atoms with Crippen LogP contribution in [0.15, 0.2) is 35.3 Å². The molecule has 21 heavy (non-hydrogen) atoms. The van der Waals surface area contributed by atoms with Gasteiger partial charge in [0.1, 0.15) is 11.9 Å². The van der Waals surface area contributed by atoms with E-state index in [0.29, 0.717) is 6.42 Å². The summed E-state index contributed by atoms with van der Waals surface area (Å²) in [6.07, 6.45) is -0.416. The van der Waals surface area contributed by atoms with Gasteiger partial charge in [-0.25, -0.2) is 0 Å². The Morgan fingerprint density at radius 3 is 2.43 bits per heavy atom. The standard InChI is InChI=1S/C14H22NO4P.K/c1-11(2)9-13(20(3,17)18)15-14(16)19-10-12-7-5-4-6-8-12;/h4-8,11,13H,9-10H2,1-3H3,(H,15,16)(H,17,18);/q;+1/p-1. The minimum Gasteiger partial charge on any atom is -0.596 e. The number of rotatable bonds is 6. The van der Waals surface area contributed by atoms with Gasteiger partial charge in [0.15, 0.2) is 0 Å². The number of hydrogen-bond acceptors (Lipinski definition) is 4. The van der Waals surface area contributed by atoms with Gasteiger partial charge in [-0.2, -0.15) is 0 Å². The molecule has 112 valence electrons. The third-order valence-electron chi connectivity index (χ3n) is 2.69. The number of benzene rings is 1. The number of nitrogens with zero attached hydrogens (tertiary/aromatic N) is 1. The molecular formula is C14H21KNO4P. The van der Waals surface area contributed by atoms with Crippen molar-refractivity contribution in [1.82, 2.24) is 0 Å². The molecule has 1 aromatic rings. The SMILES string of the molecule is CC(C)CC(N=C([O-])OCc1ccccc1)P(C)(=O)O.[K+]. The van der Waals surface area contributed by atoms with Crippen LogP contribution >= 0.6 is 7.37 Å². The molecule has 0 saturated carbocycles. The number of ether oxygens (including phenoxy) is 1. The zero-order valence-electron chi connectivity index (χ0n) is 13.0. The smallest absolute Gasteiger partial charge is 0.596 e. The van der Waals surface area contributed by atoms with Crippen molar-refractivity contribution in [3.05, 3.63) is 35.9 Å². The fourth-order valence-corrected chi connectivity index (χ4v) is 2.78. The Bertz CT molecular complexity index is 487. The summed E-state index contributed by atoms with van der Waals surface area (Å²) < 4.78 is 16.7. The van der Waals surface area contributed by atoms with Crippen LogP contribution in [0, 0.1) is 5.92 Å². The van der Waals surface area contributed by atoms with Gasteiger partial charge in [-0.3, -0.25) is 9.56 Å². The Labute approximate surface area is 168 Å². The first kappa shape index (κ1) is 21.3. The first-order valence-electron chi connectivity index (χ1n) is 6.50. The summed E-state index contributed by atoms with van der Waals surface area (Å²) in [6, 6.07) is 9.21. The van der Waals surface area contributed by atoms with E-state index in [1.165, 1.54) is 6.66 Å². The van der Waals surface area contributed by atoms with E-state index in [9.17, 15) is 14.6 Å². The fourth-order valence-electron chi connectivity index (χ4n) is 1.66. The predicted octanol–water partition coefficient (Wildman–Crippen LogP) is -0.804. The van der Waals surface area contributed by atoms with Crippen molar-refractivity contribution < 1.29 is 70.7 Å². The molecule has 1 aromatic carbocycles. The molecule has 0 bridgehead atoms. The van der Waals surface area contributed by atoms with Crippen molar-refractivity contribution in [3.63, 3.8) is 0 Å². The van der Waals surface area contributed by atoms with Gasteiger partial charge in [0.05, 0.1) is 0 Å². The monoisotopic (exact) mass is 337 g/mol. The summed E-state index contributed by atoms with van der Waals surface area (Å²) in [5.74, 6) is -0.725. The first-order chi connectivity index (χ1) is 9.29. The van der Waals surface area contributed by atoms with Crippen LogP contribution in [0.2, 0.25) is 0 Å². The molecule has 0 spiro atoms. The van der Waals surface area contributed by atoms with E-state index in [-0.39, 0.29) is 63.9 Å². The summed E-state index contributed by atoms with van der Waals surface area (Å²) in [5.41, 5.74) is 0.847. The van der Waals surface area contributed by atoms with E-state index in [0.717, 1.165) is 5.56 Å². The third-order valence-corrected chi connectivity index (χ3v) is 4.13. The van der Waals surface area contributed by atoms with Crippen molar-refractivity contribution in [1.29, 1.82) is 0 Å². The molecule has 0 fully saturated rings. The zero-order chi connectivity index (χ0) is 15.2. The van der Waals surface area contributed by atoms with E-state index in [2.05, 4.69) is 4.99 Å². The normalized spacial score (nSPS) is 16.0. The predicted molar refractivity (Wildman–Crippen MR) is 77.7 cm³/mol. The van der Waals surface area contributed by atoms with E-state index >= 15 is 0 Å². The molecule has 0 saturated heterocycles. The summed E-state index contributed by atoms with van der Waals surface area (Å²) in [6.45, 7) is 5.14. The van der Waals surface area contributed by atoms with Crippen LogP contribution in [0.25, 0.3) is 0 Å². The molecule has 0 radical (unpaired) electrons. The van der Waals surface area contributed by atoms with Gasteiger partial charge in [-0.15, -0.1) is 0 Å². The van der Waals surface area contributed by atoms with Gasteiger partial charge in [0.2, 0.25) is 7.37 Å². The van der Waals surface area contributed by atoms with Crippen molar-refractivity contribution in [2.75, 3.05) is 6.66 Å². The quantitative estimate of drug-likeness (QED) is 0.319. The molecule has 0 heterocycles. The molecule has 1 rings (SSSR count). The summed E-state index contributed by atoms with van der Waals surface area (Å²) >= 11 is 0. The van der Waals surface area contributed by atoms with Gasteiger partial charge in [-0.05, 0) is 17.9 Å². The summed E-state index contributed by atoms with van der Waals surface area (Å²) in [4.78, 5) is 13.3. The van der Waals surface area contributed by atoms with Crippen LogP contribution in [0.1, 0.15) is 25.8 Å². The van der Waals surface area contributed by atoms with Gasteiger partial charge in [0.25, 0.3) is 0 Å². The molecule has 0 amide bonds. The largest absolute Gasteiger partial charge is 1.00 e. The Morgan fingerprint density at radius 2 is 1.95 bits per heavy atom. The maximum absolute atomic E-state index is 11.7. The molecule has 5 nitrogen and oxygen atoms in total. The third kappa shape index (κ3) is 9.13.